The summed E-state index contributed by atoms with van der Waals surface area (Å²) in [6.07, 6.45) is 0.129. The Morgan fingerprint density at radius 1 is 0.957 bits per heavy atom. The number of hydrogen-bond donors (Lipinski definition) is 2. The Kier molecular flexibility index (Phi) is 5.86. The molecule has 2 rings (SSSR count). The van der Waals surface area contributed by atoms with E-state index in [2.05, 4.69) is 10.6 Å². The van der Waals surface area contributed by atoms with E-state index in [1.165, 1.54) is 0 Å². The Bertz CT molecular complexity index is 622. The van der Waals surface area contributed by atoms with E-state index in [0.717, 1.165) is 22.9 Å². The van der Waals surface area contributed by atoms with Gasteiger partial charge in [-0.05, 0) is 62.4 Å². The van der Waals surface area contributed by atoms with Crippen molar-refractivity contribution >= 4 is 17.3 Å². The normalized spacial score (nSPS) is 10.3. The van der Waals surface area contributed by atoms with Crippen LogP contribution in [-0.4, -0.2) is 25.7 Å². The first-order valence-corrected chi connectivity index (χ1v) is 7.51. The molecule has 2 aromatic carbocycles. The van der Waals surface area contributed by atoms with Crippen molar-refractivity contribution in [3.05, 3.63) is 48.5 Å². The zero-order valence-electron chi connectivity index (χ0n) is 13.6. The largest absolute Gasteiger partial charge is 0.497 e. The third-order valence-corrected chi connectivity index (χ3v) is 3.05. The molecule has 0 unspecified atom stereocenters. The van der Waals surface area contributed by atoms with Crippen LogP contribution in [0.25, 0.3) is 0 Å². The lowest BCUT2D eigenvalue weighted by atomic mass is 10.3. The molecular formula is C18H22N2O3. The molecule has 0 spiro atoms. The Morgan fingerprint density at radius 2 is 1.52 bits per heavy atom. The molecule has 0 fully saturated rings. The van der Waals surface area contributed by atoms with Crippen molar-refractivity contribution in [1.29, 1.82) is 0 Å². The first-order valence-electron chi connectivity index (χ1n) is 7.51. The monoisotopic (exact) mass is 314 g/mol. The van der Waals surface area contributed by atoms with E-state index in [9.17, 15) is 4.79 Å². The lowest BCUT2D eigenvalue weighted by molar-refractivity contribution is -0.114. The molecular weight excluding hydrogens is 292 g/mol. The van der Waals surface area contributed by atoms with Gasteiger partial charge in [-0.2, -0.15) is 0 Å². The van der Waals surface area contributed by atoms with Gasteiger partial charge in [-0.1, -0.05) is 0 Å². The molecule has 0 aliphatic heterocycles. The quantitative estimate of drug-likeness (QED) is 0.821. The molecule has 0 saturated heterocycles. The van der Waals surface area contributed by atoms with Crippen LogP contribution in [-0.2, 0) is 4.79 Å². The molecule has 0 bridgehead atoms. The van der Waals surface area contributed by atoms with Crippen LogP contribution in [0.4, 0.5) is 11.4 Å². The maximum absolute atomic E-state index is 11.9. The fourth-order valence-electron chi connectivity index (χ4n) is 1.99. The molecule has 1 amide bonds. The number of carbonyl (C=O) groups excluding carboxylic acids is 1. The van der Waals surface area contributed by atoms with Gasteiger partial charge < -0.3 is 20.1 Å². The van der Waals surface area contributed by atoms with E-state index < -0.39 is 0 Å². The van der Waals surface area contributed by atoms with Gasteiger partial charge in [0.25, 0.3) is 0 Å². The Balaban J connectivity index is 1.81. The number of anilines is 2. The van der Waals surface area contributed by atoms with Crippen LogP contribution in [0.2, 0.25) is 0 Å². The van der Waals surface area contributed by atoms with Gasteiger partial charge in [0, 0.05) is 11.4 Å². The zero-order chi connectivity index (χ0) is 16.7. The topological polar surface area (TPSA) is 59.6 Å². The predicted molar refractivity (Wildman–Crippen MR) is 92.3 cm³/mol. The van der Waals surface area contributed by atoms with Crippen LogP contribution in [0.15, 0.2) is 48.5 Å². The molecule has 122 valence electrons. The highest BCUT2D eigenvalue weighted by atomic mass is 16.5. The summed E-state index contributed by atoms with van der Waals surface area (Å²) in [5, 5.41) is 5.89. The molecule has 0 aromatic heterocycles. The van der Waals surface area contributed by atoms with E-state index in [0.29, 0.717) is 0 Å². The highest BCUT2D eigenvalue weighted by molar-refractivity contribution is 5.93. The van der Waals surface area contributed by atoms with Crippen LogP contribution in [0.5, 0.6) is 11.5 Å². The maximum atomic E-state index is 11.9. The first-order chi connectivity index (χ1) is 11.1. The molecule has 0 radical (unpaired) electrons. The van der Waals surface area contributed by atoms with Gasteiger partial charge >= 0.3 is 0 Å². The number of ether oxygens (including phenoxy) is 2. The molecule has 5 heteroatoms. The van der Waals surface area contributed by atoms with E-state index >= 15 is 0 Å². The van der Waals surface area contributed by atoms with Gasteiger partial charge in [0.05, 0.1) is 19.8 Å². The van der Waals surface area contributed by atoms with Crippen molar-refractivity contribution in [2.24, 2.45) is 0 Å². The minimum Gasteiger partial charge on any atom is -0.497 e. The van der Waals surface area contributed by atoms with Crippen molar-refractivity contribution in [2.75, 3.05) is 24.3 Å². The Morgan fingerprint density at radius 3 is 2.09 bits per heavy atom. The second-order valence-corrected chi connectivity index (χ2v) is 5.32. The van der Waals surface area contributed by atoms with Crippen molar-refractivity contribution in [1.82, 2.24) is 0 Å². The van der Waals surface area contributed by atoms with Crippen LogP contribution < -0.4 is 20.1 Å². The minimum atomic E-state index is -0.113. The fourth-order valence-corrected chi connectivity index (χ4v) is 1.99. The minimum absolute atomic E-state index is 0.113. The molecule has 0 aliphatic carbocycles. The highest BCUT2D eigenvalue weighted by Gasteiger charge is 2.03. The highest BCUT2D eigenvalue weighted by Crippen LogP contribution is 2.17. The third-order valence-electron chi connectivity index (χ3n) is 3.05. The van der Waals surface area contributed by atoms with Crippen molar-refractivity contribution in [3.8, 4) is 11.5 Å². The van der Waals surface area contributed by atoms with Crippen molar-refractivity contribution in [3.63, 3.8) is 0 Å². The molecule has 5 nitrogen and oxygen atoms in total. The van der Waals surface area contributed by atoms with Gasteiger partial charge in [-0.15, -0.1) is 0 Å². The van der Waals surface area contributed by atoms with Crippen LogP contribution in [0.3, 0.4) is 0 Å². The molecule has 2 N–H and O–H groups in total. The number of carbonyl (C=O) groups is 1. The SMILES string of the molecule is COc1ccc(NCC(=O)Nc2ccc(OC(C)C)cc2)cc1. The standard InChI is InChI=1S/C18H22N2O3/c1-13(2)23-17-10-6-15(7-11-17)20-18(21)12-19-14-4-8-16(22-3)9-5-14/h4-11,13,19H,12H2,1-3H3,(H,20,21). The number of rotatable bonds is 7. The average molecular weight is 314 g/mol. The summed E-state index contributed by atoms with van der Waals surface area (Å²) in [7, 11) is 1.62. The van der Waals surface area contributed by atoms with Crippen LogP contribution in [0, 0.1) is 0 Å². The van der Waals surface area contributed by atoms with E-state index in [1.807, 2.05) is 62.4 Å². The number of amides is 1. The maximum Gasteiger partial charge on any atom is 0.243 e. The van der Waals surface area contributed by atoms with E-state index in [-0.39, 0.29) is 18.6 Å². The van der Waals surface area contributed by atoms with Gasteiger partial charge in [0.2, 0.25) is 5.91 Å². The van der Waals surface area contributed by atoms with Crippen LogP contribution in [0.1, 0.15) is 13.8 Å². The molecule has 0 saturated carbocycles. The summed E-state index contributed by atoms with van der Waals surface area (Å²) < 4.78 is 10.7. The van der Waals surface area contributed by atoms with Gasteiger partial charge in [-0.3, -0.25) is 4.79 Å². The smallest absolute Gasteiger partial charge is 0.243 e. The van der Waals surface area contributed by atoms with Gasteiger partial charge in [0.15, 0.2) is 0 Å². The average Bonchev–Trinajstić information content (AvgIpc) is 2.55. The Labute approximate surface area is 136 Å². The Hall–Kier alpha value is -2.69. The number of methoxy groups -OCH3 is 1. The number of nitrogens with one attached hydrogen (secondary N) is 2. The molecule has 0 heterocycles. The molecule has 2 aromatic rings. The molecule has 0 aliphatic rings. The summed E-state index contributed by atoms with van der Waals surface area (Å²) in [5.74, 6) is 1.46. The fraction of sp³-hybridized carbons (Fsp3) is 0.278. The van der Waals surface area contributed by atoms with E-state index in [1.54, 1.807) is 7.11 Å². The van der Waals surface area contributed by atoms with Gasteiger partial charge in [-0.25, -0.2) is 0 Å². The number of hydrogen-bond acceptors (Lipinski definition) is 4. The lowest BCUT2D eigenvalue weighted by Gasteiger charge is -2.11. The second-order valence-electron chi connectivity index (χ2n) is 5.32. The van der Waals surface area contributed by atoms with Crippen LogP contribution >= 0.6 is 0 Å². The summed E-state index contributed by atoms with van der Waals surface area (Å²) >= 11 is 0. The zero-order valence-corrected chi connectivity index (χ0v) is 13.6. The second kappa shape index (κ2) is 8.08. The number of benzene rings is 2. The predicted octanol–water partition coefficient (Wildman–Crippen LogP) is 3.53. The van der Waals surface area contributed by atoms with Gasteiger partial charge in [0.1, 0.15) is 11.5 Å². The summed E-state index contributed by atoms with van der Waals surface area (Å²) in [5.41, 5.74) is 1.60. The first kappa shape index (κ1) is 16.7. The van der Waals surface area contributed by atoms with Crippen molar-refractivity contribution < 1.29 is 14.3 Å². The lowest BCUT2D eigenvalue weighted by Crippen LogP contribution is -2.21. The molecule has 0 atom stereocenters. The molecule has 23 heavy (non-hydrogen) atoms. The van der Waals surface area contributed by atoms with E-state index in [4.69, 9.17) is 9.47 Å². The van der Waals surface area contributed by atoms with Crippen molar-refractivity contribution in [2.45, 2.75) is 20.0 Å². The summed E-state index contributed by atoms with van der Waals surface area (Å²) in [6.45, 7) is 4.14. The summed E-state index contributed by atoms with van der Waals surface area (Å²) in [4.78, 5) is 11.9. The third kappa shape index (κ3) is 5.54. The summed E-state index contributed by atoms with van der Waals surface area (Å²) in [6, 6.07) is 14.7.